The van der Waals surface area contributed by atoms with Crippen LogP contribution < -0.4 is 5.73 Å². The Morgan fingerprint density at radius 1 is 1.90 bits per heavy atom. The van der Waals surface area contributed by atoms with Crippen LogP contribution in [0, 0.1) is 0 Å². The highest BCUT2D eigenvalue weighted by Crippen LogP contribution is 2.00. The van der Waals surface area contributed by atoms with Crippen molar-refractivity contribution in [2.45, 2.75) is 12.5 Å². The molecule has 1 atom stereocenters. The molecule has 0 aromatic rings. The number of rotatable bonds is 0. The van der Waals surface area contributed by atoms with Gasteiger partial charge in [-0.15, -0.1) is 0 Å². The summed E-state index contributed by atoms with van der Waals surface area (Å²) >= 11 is 4.50. The monoisotopic (exact) mass is 167 g/mol. The lowest BCUT2D eigenvalue weighted by molar-refractivity contribution is -0.139. The predicted octanol–water partition coefficient (Wildman–Crippen LogP) is 0.0472. The molecule has 2 N–H and O–H groups in total. The molecular formula is C5H10ClNO3. The number of esters is 1. The largest absolute Gasteiger partial charge is 0.464 e. The highest BCUT2D eigenvalue weighted by Gasteiger charge is 2.20. The lowest BCUT2D eigenvalue weighted by atomic mass is 10.3. The van der Waals surface area contributed by atoms with Crippen molar-refractivity contribution in [3.8, 4) is 0 Å². The van der Waals surface area contributed by atoms with Crippen LogP contribution in [-0.4, -0.2) is 25.7 Å². The van der Waals surface area contributed by atoms with E-state index in [1.807, 2.05) is 0 Å². The molecule has 0 aliphatic carbocycles. The molecule has 10 heavy (non-hydrogen) atoms. The number of nitrogens with two attached hydrogens (primary N) is 1. The van der Waals surface area contributed by atoms with Crippen LogP contribution >= 0.6 is 11.9 Å². The molecule has 4 nitrogen and oxygen atoms in total. The first-order valence-corrected chi connectivity index (χ1v) is 3.10. The highest BCUT2D eigenvalue weighted by molar-refractivity contribution is 6.07. The van der Waals surface area contributed by atoms with Gasteiger partial charge in [0.2, 0.25) is 0 Å². The third-order valence-electron chi connectivity index (χ3n) is 0.976. The van der Waals surface area contributed by atoms with Gasteiger partial charge in [0, 0.05) is 6.42 Å². The van der Waals surface area contributed by atoms with Gasteiger partial charge < -0.3 is 10.5 Å². The maximum Gasteiger partial charge on any atom is 0.323 e. The Morgan fingerprint density at radius 2 is 2.40 bits per heavy atom. The van der Waals surface area contributed by atoms with Crippen LogP contribution in [0.2, 0.25) is 0 Å². The van der Waals surface area contributed by atoms with Crippen molar-refractivity contribution < 1.29 is 13.8 Å². The predicted molar refractivity (Wildman–Crippen MR) is 36.4 cm³/mol. The van der Waals surface area contributed by atoms with E-state index in [0.29, 0.717) is 13.0 Å². The second kappa shape index (κ2) is 5.46. The zero-order chi connectivity index (χ0) is 7.98. The number of hydrogen-bond acceptors (Lipinski definition) is 4. The van der Waals surface area contributed by atoms with Gasteiger partial charge in [-0.3, -0.25) is 9.08 Å². The van der Waals surface area contributed by atoms with E-state index in [1.54, 1.807) is 0 Å². The number of carbonyl (C=O) groups excluding carboxylic acids is 1. The third-order valence-corrected chi connectivity index (χ3v) is 0.976. The van der Waals surface area contributed by atoms with Gasteiger partial charge >= 0.3 is 5.97 Å². The lowest BCUT2D eigenvalue weighted by Gasteiger charge is -1.89. The zero-order valence-corrected chi connectivity index (χ0v) is 6.43. The highest BCUT2D eigenvalue weighted by atomic mass is 35.5. The summed E-state index contributed by atoms with van der Waals surface area (Å²) in [5.74, 6) is -0.264. The Labute approximate surface area is 64.4 Å². The molecule has 1 aliphatic rings. The van der Waals surface area contributed by atoms with Gasteiger partial charge in [-0.05, 0) is 0 Å². The molecule has 1 fully saturated rings. The maximum atomic E-state index is 10.2. The molecule has 1 unspecified atom stereocenters. The second-order valence-electron chi connectivity index (χ2n) is 1.72. The Hall–Kier alpha value is -0.320. The minimum atomic E-state index is -0.347. The summed E-state index contributed by atoms with van der Waals surface area (Å²) in [7, 11) is 1.39. The van der Waals surface area contributed by atoms with Crippen LogP contribution in [-0.2, 0) is 13.8 Å². The molecule has 5 heteroatoms. The minimum Gasteiger partial charge on any atom is -0.464 e. The molecule has 0 radical (unpaired) electrons. The quantitative estimate of drug-likeness (QED) is 0.518. The topological polar surface area (TPSA) is 61.6 Å². The molecule has 0 amide bonds. The molecule has 0 bridgehead atoms. The SMILES string of the molecule is COCl.NC1CCOC1=O. The Bertz CT molecular complexity index is 109. The number of ether oxygens (including phenoxy) is 1. The maximum absolute atomic E-state index is 10.2. The van der Waals surface area contributed by atoms with Crippen LogP contribution in [0.25, 0.3) is 0 Å². The summed E-state index contributed by atoms with van der Waals surface area (Å²) in [6, 6.07) is -0.347. The van der Waals surface area contributed by atoms with Gasteiger partial charge in [0.25, 0.3) is 0 Å². The summed E-state index contributed by atoms with van der Waals surface area (Å²) in [4.78, 5) is 10.2. The van der Waals surface area contributed by atoms with Crippen LogP contribution in [0.3, 0.4) is 0 Å². The average Bonchev–Trinajstić information content (AvgIpc) is 2.19. The van der Waals surface area contributed by atoms with Crippen molar-refractivity contribution in [2.75, 3.05) is 13.7 Å². The van der Waals surface area contributed by atoms with E-state index in [1.165, 1.54) is 7.11 Å². The average molecular weight is 168 g/mol. The molecule has 0 spiro atoms. The summed E-state index contributed by atoms with van der Waals surface area (Å²) in [6.07, 6.45) is 0.679. The van der Waals surface area contributed by atoms with Crippen molar-refractivity contribution in [2.24, 2.45) is 5.73 Å². The van der Waals surface area contributed by atoms with Crippen LogP contribution in [0.4, 0.5) is 0 Å². The van der Waals surface area contributed by atoms with Crippen molar-refractivity contribution in [3.05, 3.63) is 0 Å². The van der Waals surface area contributed by atoms with Gasteiger partial charge in [0.15, 0.2) is 0 Å². The van der Waals surface area contributed by atoms with Crippen LogP contribution in [0.15, 0.2) is 0 Å². The fraction of sp³-hybridized carbons (Fsp3) is 0.800. The number of cyclic esters (lactones) is 1. The van der Waals surface area contributed by atoms with Gasteiger partial charge in [0.1, 0.15) is 6.04 Å². The Balaban J connectivity index is 0.000000236. The molecule has 1 rings (SSSR count). The first-order chi connectivity index (χ1) is 4.72. The van der Waals surface area contributed by atoms with Gasteiger partial charge in [0.05, 0.1) is 25.6 Å². The summed E-state index contributed by atoms with van der Waals surface area (Å²) < 4.78 is 8.22. The molecule has 1 heterocycles. The first kappa shape index (κ1) is 9.68. The zero-order valence-electron chi connectivity index (χ0n) is 5.67. The van der Waals surface area contributed by atoms with Crippen molar-refractivity contribution >= 4 is 17.8 Å². The molecule has 1 aliphatic heterocycles. The summed E-state index contributed by atoms with van der Waals surface area (Å²) in [5.41, 5.74) is 5.20. The van der Waals surface area contributed by atoms with Crippen LogP contribution in [0.1, 0.15) is 6.42 Å². The van der Waals surface area contributed by atoms with Gasteiger partial charge in [-0.2, -0.15) is 0 Å². The molecule has 60 valence electrons. The lowest BCUT2D eigenvalue weighted by Crippen LogP contribution is -2.24. The minimum absolute atomic E-state index is 0.264. The van der Waals surface area contributed by atoms with E-state index < -0.39 is 0 Å². The van der Waals surface area contributed by atoms with Gasteiger partial charge in [-0.1, -0.05) is 0 Å². The molecule has 0 saturated carbocycles. The Morgan fingerprint density at radius 3 is 2.50 bits per heavy atom. The fourth-order valence-electron chi connectivity index (χ4n) is 0.511. The van der Waals surface area contributed by atoms with Crippen molar-refractivity contribution in [1.29, 1.82) is 0 Å². The molecule has 1 saturated heterocycles. The summed E-state index contributed by atoms with van der Waals surface area (Å²) in [5, 5.41) is 0. The van der Waals surface area contributed by atoms with Crippen molar-refractivity contribution in [1.82, 2.24) is 0 Å². The van der Waals surface area contributed by atoms with E-state index in [2.05, 4.69) is 20.9 Å². The first-order valence-electron chi connectivity index (χ1n) is 2.79. The van der Waals surface area contributed by atoms with E-state index in [4.69, 9.17) is 5.73 Å². The van der Waals surface area contributed by atoms with Crippen molar-refractivity contribution in [3.63, 3.8) is 0 Å². The number of hydrogen-bond donors (Lipinski definition) is 1. The molecule has 0 aromatic heterocycles. The number of halogens is 1. The van der Waals surface area contributed by atoms with Gasteiger partial charge in [-0.25, -0.2) is 0 Å². The third kappa shape index (κ3) is 3.66. The smallest absolute Gasteiger partial charge is 0.323 e. The molecule has 0 aromatic carbocycles. The normalized spacial score (nSPS) is 23.1. The fourth-order valence-corrected chi connectivity index (χ4v) is 0.511. The standard InChI is InChI=1S/C4H7NO2.CH3ClO/c5-3-1-2-7-4(3)6;1-3-2/h3H,1-2,5H2;1H3. The summed E-state index contributed by atoms with van der Waals surface area (Å²) in [6.45, 7) is 0.500. The van der Waals surface area contributed by atoms with E-state index in [9.17, 15) is 4.79 Å². The number of carbonyl (C=O) groups is 1. The second-order valence-corrected chi connectivity index (χ2v) is 2.03. The van der Waals surface area contributed by atoms with Crippen LogP contribution in [0.5, 0.6) is 0 Å². The van der Waals surface area contributed by atoms with E-state index in [-0.39, 0.29) is 12.0 Å². The molecular weight excluding hydrogens is 158 g/mol. The Kier molecular flexibility index (Phi) is 5.29. The van der Waals surface area contributed by atoms with E-state index in [0.717, 1.165) is 0 Å². The van der Waals surface area contributed by atoms with E-state index >= 15 is 0 Å².